The number of hydrogen-bond acceptors (Lipinski definition) is 8. The molecule has 9 nitrogen and oxygen atoms in total. The quantitative estimate of drug-likeness (QED) is 0.644. The highest BCUT2D eigenvalue weighted by atomic mass is 32.2. The molecule has 0 saturated carbocycles. The number of carbonyl (C=O) groups is 1. The number of nitrogens with one attached hydrogen (secondary N) is 1. The van der Waals surface area contributed by atoms with E-state index >= 15 is 0 Å². The first kappa shape index (κ1) is 21.8. The molecular formula is C18H21F2N5O4S. The normalized spacial score (nSPS) is 15.7. The average molecular weight is 441 g/mol. The Morgan fingerprint density at radius 3 is 2.50 bits per heavy atom. The molecule has 1 saturated heterocycles. The number of ketones is 1. The summed E-state index contributed by atoms with van der Waals surface area (Å²) in [5.74, 6) is -3.14. The number of piperidine rings is 1. The Morgan fingerprint density at radius 1 is 1.27 bits per heavy atom. The molecule has 1 aromatic carbocycles. The van der Waals surface area contributed by atoms with Gasteiger partial charge in [0.1, 0.15) is 11.6 Å². The van der Waals surface area contributed by atoms with E-state index in [0.717, 1.165) is 13.2 Å². The standard InChI is InChI=1S/C18H21F2N5O4S/c1-29-16-12(7-10(19)8-14(16)20)15(26)13-9-22-18(24-17(13)21)23-11-3-5-25(6-4-11)30(2,27)28/h7-9,11H,3-6H2,1-2H3,(H3,21,22,23,24). The number of halogens is 2. The number of nitrogens with zero attached hydrogens (tertiary/aromatic N) is 3. The zero-order valence-electron chi connectivity index (χ0n) is 16.4. The lowest BCUT2D eigenvalue weighted by molar-refractivity contribution is 0.103. The summed E-state index contributed by atoms with van der Waals surface area (Å²) in [4.78, 5) is 20.8. The van der Waals surface area contributed by atoms with Gasteiger partial charge in [0.15, 0.2) is 11.6 Å². The van der Waals surface area contributed by atoms with Gasteiger partial charge < -0.3 is 15.8 Å². The van der Waals surface area contributed by atoms with Crippen LogP contribution >= 0.6 is 0 Å². The van der Waals surface area contributed by atoms with Gasteiger partial charge in [0.2, 0.25) is 21.8 Å². The molecule has 2 aromatic rings. The predicted molar refractivity (Wildman–Crippen MR) is 106 cm³/mol. The summed E-state index contributed by atoms with van der Waals surface area (Å²) in [5.41, 5.74) is 5.42. The van der Waals surface area contributed by atoms with E-state index in [-0.39, 0.29) is 28.9 Å². The second-order valence-electron chi connectivity index (χ2n) is 6.87. The average Bonchev–Trinajstić information content (AvgIpc) is 2.67. The van der Waals surface area contributed by atoms with E-state index in [9.17, 15) is 22.0 Å². The van der Waals surface area contributed by atoms with Crippen molar-refractivity contribution in [2.75, 3.05) is 37.5 Å². The molecule has 0 aliphatic carbocycles. The molecule has 2 heterocycles. The van der Waals surface area contributed by atoms with Crippen molar-refractivity contribution in [2.45, 2.75) is 18.9 Å². The first-order chi connectivity index (χ1) is 14.1. The molecule has 12 heteroatoms. The van der Waals surface area contributed by atoms with E-state index in [0.29, 0.717) is 32.0 Å². The van der Waals surface area contributed by atoms with Crippen LogP contribution in [0.25, 0.3) is 0 Å². The Kier molecular flexibility index (Phi) is 6.17. The van der Waals surface area contributed by atoms with Crippen LogP contribution in [-0.2, 0) is 10.0 Å². The Labute approximate surface area is 172 Å². The van der Waals surface area contributed by atoms with E-state index in [4.69, 9.17) is 10.5 Å². The molecule has 3 rings (SSSR count). The number of ether oxygens (including phenoxy) is 1. The van der Waals surface area contributed by atoms with Gasteiger partial charge in [0.25, 0.3) is 0 Å². The monoisotopic (exact) mass is 441 g/mol. The molecule has 1 aliphatic rings. The van der Waals surface area contributed by atoms with Crippen molar-refractivity contribution in [2.24, 2.45) is 0 Å². The zero-order chi connectivity index (χ0) is 22.1. The van der Waals surface area contributed by atoms with Crippen LogP contribution in [0.2, 0.25) is 0 Å². The minimum absolute atomic E-state index is 0.0682. The van der Waals surface area contributed by atoms with Crippen LogP contribution < -0.4 is 15.8 Å². The molecule has 0 radical (unpaired) electrons. The van der Waals surface area contributed by atoms with Crippen LogP contribution in [-0.4, -0.2) is 61.0 Å². The number of rotatable bonds is 6. The first-order valence-electron chi connectivity index (χ1n) is 9.02. The van der Waals surface area contributed by atoms with Gasteiger partial charge in [-0.15, -0.1) is 0 Å². The lowest BCUT2D eigenvalue weighted by Crippen LogP contribution is -2.42. The topological polar surface area (TPSA) is 128 Å². The fourth-order valence-electron chi connectivity index (χ4n) is 3.24. The number of carbonyl (C=O) groups excluding carboxylic acids is 1. The summed E-state index contributed by atoms with van der Waals surface area (Å²) in [5, 5.41) is 3.06. The molecular weight excluding hydrogens is 420 g/mol. The number of benzene rings is 1. The third-order valence-electron chi connectivity index (χ3n) is 4.78. The van der Waals surface area contributed by atoms with E-state index in [2.05, 4.69) is 15.3 Å². The number of hydrogen-bond donors (Lipinski definition) is 2. The molecule has 0 unspecified atom stereocenters. The van der Waals surface area contributed by atoms with Crippen LogP contribution in [0.1, 0.15) is 28.8 Å². The highest BCUT2D eigenvalue weighted by molar-refractivity contribution is 7.88. The third kappa shape index (κ3) is 4.65. The van der Waals surface area contributed by atoms with Gasteiger partial charge in [-0.2, -0.15) is 4.98 Å². The summed E-state index contributed by atoms with van der Waals surface area (Å²) in [6, 6.07) is 1.39. The molecule has 0 bridgehead atoms. The largest absolute Gasteiger partial charge is 0.493 e. The number of methoxy groups -OCH3 is 1. The Bertz CT molecular complexity index is 1070. The number of nitrogen functional groups attached to an aromatic ring is 1. The molecule has 3 N–H and O–H groups in total. The fourth-order valence-corrected chi connectivity index (χ4v) is 4.11. The van der Waals surface area contributed by atoms with Crippen LogP contribution in [0.4, 0.5) is 20.5 Å². The molecule has 30 heavy (non-hydrogen) atoms. The van der Waals surface area contributed by atoms with Crippen LogP contribution in [0, 0.1) is 11.6 Å². The Hall–Kier alpha value is -2.86. The zero-order valence-corrected chi connectivity index (χ0v) is 17.2. The van der Waals surface area contributed by atoms with Crippen molar-refractivity contribution in [3.63, 3.8) is 0 Å². The van der Waals surface area contributed by atoms with E-state index in [1.807, 2.05) is 0 Å². The number of nitrogens with two attached hydrogens (primary N) is 1. The van der Waals surface area contributed by atoms with Gasteiger partial charge >= 0.3 is 0 Å². The summed E-state index contributed by atoms with van der Waals surface area (Å²) >= 11 is 0. The number of aromatic nitrogens is 2. The molecule has 162 valence electrons. The second kappa shape index (κ2) is 8.48. The van der Waals surface area contributed by atoms with Crippen molar-refractivity contribution >= 4 is 27.6 Å². The van der Waals surface area contributed by atoms with Gasteiger partial charge in [-0.1, -0.05) is 0 Å². The third-order valence-corrected chi connectivity index (χ3v) is 6.08. The maximum Gasteiger partial charge on any atom is 0.224 e. The highest BCUT2D eigenvalue weighted by Gasteiger charge is 2.26. The fraction of sp³-hybridized carbons (Fsp3) is 0.389. The summed E-state index contributed by atoms with van der Waals surface area (Å²) in [6.07, 6.45) is 3.44. The molecule has 0 atom stereocenters. The lowest BCUT2D eigenvalue weighted by atomic mass is 10.0. The summed E-state index contributed by atoms with van der Waals surface area (Å²) < 4.78 is 56.9. The Balaban J connectivity index is 1.76. The number of sulfonamides is 1. The SMILES string of the molecule is COc1c(F)cc(F)cc1C(=O)c1cnc(NC2CCN(S(C)(=O)=O)CC2)nc1N. The van der Waals surface area contributed by atoms with Gasteiger partial charge in [-0.05, 0) is 18.9 Å². The maximum atomic E-state index is 13.9. The van der Waals surface area contributed by atoms with Gasteiger partial charge in [-0.3, -0.25) is 4.79 Å². The van der Waals surface area contributed by atoms with Crippen LogP contribution in [0.5, 0.6) is 5.75 Å². The molecule has 1 aliphatic heterocycles. The lowest BCUT2D eigenvalue weighted by Gasteiger charge is -2.30. The van der Waals surface area contributed by atoms with Crippen molar-refractivity contribution in [1.29, 1.82) is 0 Å². The van der Waals surface area contributed by atoms with Crippen molar-refractivity contribution in [3.05, 3.63) is 41.1 Å². The van der Waals surface area contributed by atoms with E-state index in [1.54, 1.807) is 0 Å². The van der Waals surface area contributed by atoms with E-state index < -0.39 is 33.2 Å². The molecule has 0 spiro atoms. The summed E-state index contributed by atoms with van der Waals surface area (Å²) in [6.45, 7) is 0.737. The van der Waals surface area contributed by atoms with Gasteiger partial charge in [-0.25, -0.2) is 26.5 Å². The van der Waals surface area contributed by atoms with Crippen molar-refractivity contribution < 1.29 is 26.7 Å². The van der Waals surface area contributed by atoms with Crippen LogP contribution in [0.15, 0.2) is 18.3 Å². The second-order valence-corrected chi connectivity index (χ2v) is 8.85. The van der Waals surface area contributed by atoms with Gasteiger partial charge in [0.05, 0.1) is 24.5 Å². The Morgan fingerprint density at radius 2 is 1.93 bits per heavy atom. The minimum atomic E-state index is -3.23. The number of anilines is 2. The van der Waals surface area contributed by atoms with E-state index in [1.165, 1.54) is 16.8 Å². The van der Waals surface area contributed by atoms with Crippen molar-refractivity contribution in [1.82, 2.24) is 14.3 Å². The molecule has 1 aromatic heterocycles. The van der Waals surface area contributed by atoms with Gasteiger partial charge in [0, 0.05) is 31.4 Å². The predicted octanol–water partition coefficient (Wildman–Crippen LogP) is 1.41. The summed E-state index contributed by atoms with van der Waals surface area (Å²) in [7, 11) is -2.07. The molecule has 1 fully saturated rings. The first-order valence-corrected chi connectivity index (χ1v) is 10.9. The van der Waals surface area contributed by atoms with Crippen molar-refractivity contribution in [3.8, 4) is 5.75 Å². The highest BCUT2D eigenvalue weighted by Crippen LogP contribution is 2.28. The smallest absolute Gasteiger partial charge is 0.224 e. The molecule has 0 amide bonds. The maximum absolute atomic E-state index is 13.9. The van der Waals surface area contributed by atoms with Crippen LogP contribution in [0.3, 0.4) is 0 Å². The minimum Gasteiger partial charge on any atom is -0.493 e.